The molecule has 0 N–H and O–H groups in total. The Hall–Kier alpha value is -2.31. The third-order valence-electron chi connectivity index (χ3n) is 4.05. The Kier molecular flexibility index (Phi) is 5.96. The number of halogens is 2. The van der Waals surface area contributed by atoms with E-state index in [0.29, 0.717) is 47.7 Å². The van der Waals surface area contributed by atoms with Crippen molar-refractivity contribution < 1.29 is 14.3 Å². The number of aromatic nitrogens is 1. The molecule has 0 saturated carbocycles. The van der Waals surface area contributed by atoms with Crippen LogP contribution in [-0.2, 0) is 4.79 Å². The number of rotatable bonds is 4. The summed E-state index contributed by atoms with van der Waals surface area (Å²) in [5.41, 5.74) is 0.410. The van der Waals surface area contributed by atoms with Crippen LogP contribution in [0.1, 0.15) is 10.5 Å². The summed E-state index contributed by atoms with van der Waals surface area (Å²) in [5, 5.41) is 0.860. The molecule has 1 saturated heterocycles. The third-order valence-corrected chi connectivity index (χ3v) is 4.58. The van der Waals surface area contributed by atoms with Crippen molar-refractivity contribution in [3.63, 3.8) is 0 Å². The zero-order valence-corrected chi connectivity index (χ0v) is 15.4. The van der Waals surface area contributed by atoms with Gasteiger partial charge in [0.05, 0.1) is 5.02 Å². The van der Waals surface area contributed by atoms with E-state index in [1.807, 2.05) is 0 Å². The Balaban J connectivity index is 1.50. The average Bonchev–Trinajstić information content (AvgIpc) is 2.67. The predicted octanol–water partition coefficient (Wildman–Crippen LogP) is 2.75. The lowest BCUT2D eigenvalue weighted by atomic mass is 10.2. The molecule has 1 aliphatic heterocycles. The molecule has 2 amide bonds. The molecule has 0 spiro atoms. The molecule has 0 radical (unpaired) electrons. The van der Waals surface area contributed by atoms with E-state index in [-0.39, 0.29) is 18.4 Å². The quantitative estimate of drug-likeness (QED) is 0.800. The molecule has 1 aromatic carbocycles. The molecule has 0 atom stereocenters. The molecule has 2 aromatic rings. The number of ether oxygens (including phenoxy) is 1. The maximum absolute atomic E-state index is 12.4. The first-order valence-electron chi connectivity index (χ1n) is 8.10. The summed E-state index contributed by atoms with van der Waals surface area (Å²) in [4.78, 5) is 32.1. The van der Waals surface area contributed by atoms with E-state index >= 15 is 0 Å². The molecule has 0 unspecified atom stereocenters. The van der Waals surface area contributed by atoms with Gasteiger partial charge in [-0.05, 0) is 30.3 Å². The first-order valence-corrected chi connectivity index (χ1v) is 8.86. The van der Waals surface area contributed by atoms with Gasteiger partial charge >= 0.3 is 0 Å². The van der Waals surface area contributed by atoms with Crippen molar-refractivity contribution in [2.45, 2.75) is 0 Å². The summed E-state index contributed by atoms with van der Waals surface area (Å²) in [6, 6.07) is 10.1. The van der Waals surface area contributed by atoms with Crippen LogP contribution < -0.4 is 4.74 Å². The highest BCUT2D eigenvalue weighted by atomic mass is 35.5. The summed E-state index contributed by atoms with van der Waals surface area (Å²) < 4.78 is 5.48. The number of carbonyl (C=O) groups excluding carboxylic acids is 2. The van der Waals surface area contributed by atoms with E-state index in [0.717, 1.165) is 0 Å². The van der Waals surface area contributed by atoms with Gasteiger partial charge in [-0.25, -0.2) is 0 Å². The molecule has 0 bridgehead atoms. The van der Waals surface area contributed by atoms with Gasteiger partial charge in [0.2, 0.25) is 0 Å². The summed E-state index contributed by atoms with van der Waals surface area (Å²) in [6.07, 6.45) is 1.59. The van der Waals surface area contributed by atoms with Gasteiger partial charge in [-0.2, -0.15) is 0 Å². The molecule has 1 aliphatic rings. The minimum absolute atomic E-state index is 0.116. The van der Waals surface area contributed by atoms with Crippen LogP contribution in [-0.4, -0.2) is 59.4 Å². The number of piperazine rings is 1. The Morgan fingerprint density at radius 1 is 1.04 bits per heavy atom. The van der Waals surface area contributed by atoms with Gasteiger partial charge in [0, 0.05) is 37.4 Å². The van der Waals surface area contributed by atoms with Gasteiger partial charge < -0.3 is 14.5 Å². The van der Waals surface area contributed by atoms with E-state index in [4.69, 9.17) is 27.9 Å². The van der Waals surface area contributed by atoms with Gasteiger partial charge in [-0.1, -0.05) is 29.3 Å². The summed E-state index contributed by atoms with van der Waals surface area (Å²) in [5.74, 6) is 0.135. The molecular weight excluding hydrogens is 377 g/mol. The van der Waals surface area contributed by atoms with Gasteiger partial charge in [0.1, 0.15) is 11.4 Å². The first kappa shape index (κ1) is 18.5. The molecular formula is C18H17Cl2N3O3. The molecule has 136 valence electrons. The maximum Gasteiger partial charge on any atom is 0.272 e. The van der Waals surface area contributed by atoms with E-state index in [9.17, 15) is 9.59 Å². The fourth-order valence-electron chi connectivity index (χ4n) is 2.63. The SMILES string of the molecule is O=C(COc1ccc(Cl)cc1Cl)N1CCN(C(=O)c2ccccn2)CC1. The van der Waals surface area contributed by atoms with Crippen molar-refractivity contribution in [2.75, 3.05) is 32.8 Å². The van der Waals surface area contributed by atoms with Gasteiger partial charge in [-0.15, -0.1) is 0 Å². The fraction of sp³-hybridized carbons (Fsp3) is 0.278. The maximum atomic E-state index is 12.4. The van der Waals surface area contributed by atoms with E-state index in [1.165, 1.54) is 0 Å². The first-order chi connectivity index (χ1) is 12.5. The fourth-order valence-corrected chi connectivity index (χ4v) is 3.10. The summed E-state index contributed by atoms with van der Waals surface area (Å²) in [6.45, 7) is 1.71. The van der Waals surface area contributed by atoms with E-state index in [2.05, 4.69) is 4.98 Å². The second-order valence-corrected chi connectivity index (χ2v) is 6.60. The Bertz CT molecular complexity index is 794. The monoisotopic (exact) mass is 393 g/mol. The zero-order chi connectivity index (χ0) is 18.5. The van der Waals surface area contributed by atoms with Crippen molar-refractivity contribution in [2.24, 2.45) is 0 Å². The molecule has 1 aromatic heterocycles. The second kappa shape index (κ2) is 8.38. The average molecular weight is 394 g/mol. The lowest BCUT2D eigenvalue weighted by Crippen LogP contribution is -2.51. The molecule has 2 heterocycles. The zero-order valence-electron chi connectivity index (χ0n) is 13.9. The highest BCUT2D eigenvalue weighted by Crippen LogP contribution is 2.27. The predicted molar refractivity (Wildman–Crippen MR) is 98.7 cm³/mol. The van der Waals surface area contributed by atoms with Crippen LogP contribution in [0.2, 0.25) is 10.0 Å². The Morgan fingerprint density at radius 2 is 1.77 bits per heavy atom. The number of hydrogen-bond donors (Lipinski definition) is 0. The van der Waals surface area contributed by atoms with Crippen molar-refractivity contribution in [3.05, 3.63) is 58.3 Å². The second-order valence-electron chi connectivity index (χ2n) is 5.75. The van der Waals surface area contributed by atoms with Gasteiger partial charge in [0.25, 0.3) is 11.8 Å². The highest BCUT2D eigenvalue weighted by Gasteiger charge is 2.25. The summed E-state index contributed by atoms with van der Waals surface area (Å²) >= 11 is 11.9. The Labute approximate surface area is 161 Å². The van der Waals surface area contributed by atoms with Crippen LogP contribution in [0.3, 0.4) is 0 Å². The van der Waals surface area contributed by atoms with Crippen LogP contribution >= 0.6 is 23.2 Å². The molecule has 8 heteroatoms. The van der Waals surface area contributed by atoms with Crippen LogP contribution in [0.5, 0.6) is 5.75 Å². The summed E-state index contributed by atoms with van der Waals surface area (Å²) in [7, 11) is 0. The highest BCUT2D eigenvalue weighted by molar-refractivity contribution is 6.35. The van der Waals surface area contributed by atoms with Crippen molar-refractivity contribution >= 4 is 35.0 Å². The van der Waals surface area contributed by atoms with Crippen LogP contribution in [0.4, 0.5) is 0 Å². The van der Waals surface area contributed by atoms with Crippen molar-refractivity contribution in [1.82, 2.24) is 14.8 Å². The number of carbonyl (C=O) groups is 2. The molecule has 26 heavy (non-hydrogen) atoms. The minimum atomic E-state index is -0.152. The molecule has 0 aliphatic carbocycles. The normalized spacial score (nSPS) is 14.2. The van der Waals surface area contributed by atoms with Crippen LogP contribution in [0.15, 0.2) is 42.6 Å². The van der Waals surface area contributed by atoms with Gasteiger partial charge in [-0.3, -0.25) is 14.6 Å². The number of amides is 2. The third kappa shape index (κ3) is 4.45. The standard InChI is InChI=1S/C18H17Cl2N3O3/c19-13-4-5-16(14(20)11-13)26-12-17(24)22-7-9-23(10-8-22)18(25)15-3-1-2-6-21-15/h1-6,11H,7-10,12H2. The smallest absolute Gasteiger partial charge is 0.272 e. The van der Waals surface area contributed by atoms with Gasteiger partial charge in [0.15, 0.2) is 6.61 Å². The molecule has 1 fully saturated rings. The van der Waals surface area contributed by atoms with E-state index < -0.39 is 0 Å². The number of nitrogens with zero attached hydrogens (tertiary/aromatic N) is 3. The van der Waals surface area contributed by atoms with E-state index in [1.54, 1.807) is 52.4 Å². The molecule has 6 nitrogen and oxygen atoms in total. The number of pyridine rings is 1. The number of benzene rings is 1. The van der Waals surface area contributed by atoms with Crippen LogP contribution in [0, 0.1) is 0 Å². The minimum Gasteiger partial charge on any atom is -0.482 e. The lowest BCUT2D eigenvalue weighted by Gasteiger charge is -2.34. The van der Waals surface area contributed by atoms with Crippen molar-refractivity contribution in [3.8, 4) is 5.75 Å². The van der Waals surface area contributed by atoms with Crippen molar-refractivity contribution in [1.29, 1.82) is 0 Å². The van der Waals surface area contributed by atoms with Crippen LogP contribution in [0.25, 0.3) is 0 Å². The Morgan fingerprint density at radius 3 is 2.42 bits per heavy atom. The lowest BCUT2D eigenvalue weighted by molar-refractivity contribution is -0.134. The topological polar surface area (TPSA) is 62.7 Å². The molecule has 3 rings (SSSR count). The largest absolute Gasteiger partial charge is 0.482 e. The number of hydrogen-bond acceptors (Lipinski definition) is 4.